The van der Waals surface area contributed by atoms with Crippen LogP contribution in [0.25, 0.3) is 16.9 Å². The molecular formula is C27H18BF3IN5O. The van der Waals surface area contributed by atoms with Crippen molar-refractivity contribution < 1.29 is 18.0 Å². The number of benzene rings is 3. The molecule has 0 bridgehead atoms. The summed E-state index contributed by atoms with van der Waals surface area (Å²) in [5.41, 5.74) is 2.98. The Hall–Kier alpha value is -3.87. The third kappa shape index (κ3) is 5.52. The van der Waals surface area contributed by atoms with Gasteiger partial charge in [-0.15, -0.1) is 0 Å². The van der Waals surface area contributed by atoms with Gasteiger partial charge in [-0.2, -0.15) is 22.8 Å². The number of hydrogen-bond donors (Lipinski definition) is 2. The molecule has 0 aliphatic carbocycles. The number of carbonyl (C=O) groups is 1. The lowest BCUT2D eigenvalue weighted by Crippen LogP contribution is -2.14. The second-order valence-corrected chi connectivity index (χ2v) is 9.59. The van der Waals surface area contributed by atoms with Gasteiger partial charge in [-0.05, 0) is 70.0 Å². The molecule has 188 valence electrons. The van der Waals surface area contributed by atoms with E-state index in [9.17, 15) is 18.0 Å². The summed E-state index contributed by atoms with van der Waals surface area (Å²) in [5, 5.41) is 10.3. The summed E-state index contributed by atoms with van der Waals surface area (Å²) in [6, 6.07) is 21.1. The van der Waals surface area contributed by atoms with Crippen LogP contribution in [0.15, 0.2) is 85.1 Å². The Labute approximate surface area is 230 Å². The minimum absolute atomic E-state index is 0.0816. The van der Waals surface area contributed by atoms with E-state index in [1.54, 1.807) is 22.7 Å². The van der Waals surface area contributed by atoms with Gasteiger partial charge in [0.2, 0.25) is 0 Å². The van der Waals surface area contributed by atoms with Crippen LogP contribution in [-0.4, -0.2) is 28.4 Å². The molecule has 11 heteroatoms. The van der Waals surface area contributed by atoms with Gasteiger partial charge in [0.25, 0.3) is 5.91 Å². The van der Waals surface area contributed by atoms with Gasteiger partial charge < -0.3 is 10.6 Å². The highest BCUT2D eigenvalue weighted by Crippen LogP contribution is 2.30. The highest BCUT2D eigenvalue weighted by Gasteiger charge is 2.30. The molecular weight excluding hydrogens is 605 g/mol. The number of amides is 1. The molecule has 0 unspecified atom stereocenters. The predicted molar refractivity (Wildman–Crippen MR) is 150 cm³/mol. The maximum absolute atomic E-state index is 13.0. The van der Waals surface area contributed by atoms with E-state index < -0.39 is 17.6 Å². The summed E-state index contributed by atoms with van der Waals surface area (Å²) >= 11 is 2.26. The number of nitrogens with one attached hydrogen (secondary N) is 2. The third-order valence-corrected chi connectivity index (χ3v) is 6.70. The number of fused-ring (bicyclic) bond motifs is 1. The van der Waals surface area contributed by atoms with Gasteiger partial charge in [-0.3, -0.25) is 4.79 Å². The zero-order chi connectivity index (χ0) is 26.9. The number of rotatable bonds is 6. The van der Waals surface area contributed by atoms with Crippen LogP contribution in [0.3, 0.4) is 0 Å². The van der Waals surface area contributed by atoms with Crippen molar-refractivity contribution in [3.05, 3.63) is 105 Å². The molecule has 0 aliphatic heterocycles. The van der Waals surface area contributed by atoms with E-state index in [-0.39, 0.29) is 5.56 Å². The van der Waals surface area contributed by atoms with E-state index in [1.165, 1.54) is 18.3 Å². The molecule has 0 fully saturated rings. The zero-order valence-corrected chi connectivity index (χ0v) is 21.8. The average Bonchev–Trinajstić information content (AvgIpc) is 3.28. The zero-order valence-electron chi connectivity index (χ0n) is 19.6. The monoisotopic (exact) mass is 623 g/mol. The highest BCUT2D eigenvalue weighted by atomic mass is 127. The van der Waals surface area contributed by atoms with Gasteiger partial charge in [0, 0.05) is 39.2 Å². The number of hydrogen-bond acceptors (Lipinski definition) is 4. The van der Waals surface area contributed by atoms with Crippen molar-refractivity contribution in [1.82, 2.24) is 14.6 Å². The average molecular weight is 623 g/mol. The summed E-state index contributed by atoms with van der Waals surface area (Å²) in [6.07, 6.45) is -2.99. The van der Waals surface area contributed by atoms with Crippen LogP contribution in [0.1, 0.15) is 21.5 Å². The van der Waals surface area contributed by atoms with E-state index in [4.69, 9.17) is 12.8 Å². The Balaban J connectivity index is 1.36. The first kappa shape index (κ1) is 25.8. The largest absolute Gasteiger partial charge is 0.416 e. The van der Waals surface area contributed by atoms with E-state index in [1.807, 2.05) is 36.4 Å². The molecule has 38 heavy (non-hydrogen) atoms. The van der Waals surface area contributed by atoms with Gasteiger partial charge >= 0.3 is 6.18 Å². The molecule has 3 aromatic carbocycles. The molecule has 0 saturated heterocycles. The van der Waals surface area contributed by atoms with E-state index in [0.29, 0.717) is 29.2 Å². The van der Waals surface area contributed by atoms with Crippen LogP contribution < -0.4 is 16.1 Å². The molecule has 0 atom stereocenters. The Kier molecular flexibility index (Phi) is 7.11. The van der Waals surface area contributed by atoms with Gasteiger partial charge in [-0.25, -0.2) is 4.98 Å². The molecule has 0 spiro atoms. The Bertz CT molecular complexity index is 1650. The second-order valence-electron chi connectivity index (χ2n) is 8.43. The summed E-state index contributed by atoms with van der Waals surface area (Å²) in [5.74, 6) is 0.0333. The lowest BCUT2D eigenvalue weighted by Gasteiger charge is -2.13. The normalized spacial score (nSPS) is 11.5. The maximum atomic E-state index is 13.0. The van der Waals surface area contributed by atoms with Crippen molar-refractivity contribution in [3.63, 3.8) is 0 Å². The van der Waals surface area contributed by atoms with Crippen LogP contribution in [0.2, 0.25) is 0 Å². The fourth-order valence-corrected chi connectivity index (χ4v) is 4.57. The molecule has 1 amide bonds. The molecule has 5 aromatic rings. The molecule has 2 heterocycles. The highest BCUT2D eigenvalue weighted by molar-refractivity contribution is 14.1. The van der Waals surface area contributed by atoms with E-state index >= 15 is 0 Å². The Morgan fingerprint density at radius 2 is 1.79 bits per heavy atom. The fraction of sp³-hybridized carbons (Fsp3) is 0.0741. The third-order valence-electron chi connectivity index (χ3n) is 5.76. The van der Waals surface area contributed by atoms with Crippen LogP contribution in [0.4, 0.5) is 24.7 Å². The molecule has 2 N–H and O–H groups in total. The molecule has 2 radical (unpaired) electrons. The number of carbonyl (C=O) groups excluding carboxylic acids is 1. The van der Waals surface area contributed by atoms with Crippen LogP contribution >= 0.6 is 22.6 Å². The summed E-state index contributed by atoms with van der Waals surface area (Å²) in [6.45, 7) is 0.372. The second kappa shape index (κ2) is 10.5. The Morgan fingerprint density at radius 3 is 2.58 bits per heavy atom. The first-order valence-corrected chi connectivity index (χ1v) is 12.5. The molecule has 2 aromatic heterocycles. The van der Waals surface area contributed by atoms with Crippen LogP contribution in [0, 0.1) is 3.57 Å². The van der Waals surface area contributed by atoms with Crippen molar-refractivity contribution in [2.75, 3.05) is 10.6 Å². The van der Waals surface area contributed by atoms with Gasteiger partial charge in [0.05, 0.1) is 11.3 Å². The SMILES string of the molecule is [B]c1cnn2c(NCc3cccc(NC(=O)c4cccc(C(F)(F)F)c4)c3)cc(-c3ccccc3I)nc12. The van der Waals surface area contributed by atoms with Crippen molar-refractivity contribution in [1.29, 1.82) is 0 Å². The van der Waals surface area contributed by atoms with Crippen molar-refractivity contribution in [3.8, 4) is 11.3 Å². The lowest BCUT2D eigenvalue weighted by atomic mass is 10.0. The molecule has 6 nitrogen and oxygen atoms in total. The topological polar surface area (TPSA) is 71.3 Å². The van der Waals surface area contributed by atoms with Crippen LogP contribution in [-0.2, 0) is 12.7 Å². The fourth-order valence-electron chi connectivity index (χ4n) is 3.90. The smallest absolute Gasteiger partial charge is 0.366 e. The van der Waals surface area contributed by atoms with Crippen molar-refractivity contribution in [2.24, 2.45) is 0 Å². The van der Waals surface area contributed by atoms with Gasteiger partial charge in [0.15, 0.2) is 5.65 Å². The van der Waals surface area contributed by atoms with Crippen molar-refractivity contribution >= 4 is 59.0 Å². The summed E-state index contributed by atoms with van der Waals surface area (Å²) in [4.78, 5) is 17.3. The van der Waals surface area contributed by atoms with Crippen LogP contribution in [0.5, 0.6) is 0 Å². The first-order valence-electron chi connectivity index (χ1n) is 11.4. The minimum Gasteiger partial charge on any atom is -0.366 e. The quantitative estimate of drug-likeness (QED) is 0.189. The molecule has 0 aliphatic rings. The number of alkyl halides is 3. The van der Waals surface area contributed by atoms with Gasteiger partial charge in [-0.1, -0.05) is 36.4 Å². The maximum Gasteiger partial charge on any atom is 0.416 e. The van der Waals surface area contributed by atoms with Gasteiger partial charge in [0.1, 0.15) is 13.7 Å². The van der Waals surface area contributed by atoms with E-state index in [0.717, 1.165) is 32.5 Å². The first-order chi connectivity index (χ1) is 18.2. The number of halogens is 4. The number of anilines is 2. The molecule has 5 rings (SSSR count). The standard InChI is InChI=1S/C27H18BF3IN5O/c28-21-15-34-37-24(13-23(36-25(21)37)20-9-1-2-10-22(20)32)33-14-16-5-3-8-19(11-16)35-26(38)17-6-4-7-18(12-17)27(29,30)31/h1-13,15,33H,14H2,(H,35,38). The van der Waals surface area contributed by atoms with Crippen molar-refractivity contribution in [2.45, 2.75) is 12.7 Å². The predicted octanol–water partition coefficient (Wildman–Crippen LogP) is 5.68. The lowest BCUT2D eigenvalue weighted by molar-refractivity contribution is -0.137. The number of aromatic nitrogens is 3. The minimum atomic E-state index is -4.53. The molecule has 0 saturated carbocycles. The Morgan fingerprint density at radius 1 is 1.00 bits per heavy atom. The van der Waals surface area contributed by atoms with E-state index in [2.05, 4.69) is 38.3 Å². The summed E-state index contributed by atoms with van der Waals surface area (Å²) in [7, 11) is 6.11. The summed E-state index contributed by atoms with van der Waals surface area (Å²) < 4.78 is 41.7. The number of nitrogens with zero attached hydrogens (tertiary/aromatic N) is 3.